The van der Waals surface area contributed by atoms with Crippen LogP contribution in [0.4, 0.5) is 4.39 Å². The van der Waals surface area contributed by atoms with Gasteiger partial charge in [0.15, 0.2) is 11.6 Å². The number of piperidine rings is 1. The smallest absolute Gasteiger partial charge is 0.170 e. The van der Waals surface area contributed by atoms with Gasteiger partial charge in [-0.1, -0.05) is 11.6 Å². The Labute approximate surface area is 93.1 Å². The van der Waals surface area contributed by atoms with E-state index in [1.807, 2.05) is 0 Å². The van der Waals surface area contributed by atoms with Gasteiger partial charge in [0.05, 0.1) is 5.02 Å². The molecule has 0 spiro atoms. The highest BCUT2D eigenvalue weighted by molar-refractivity contribution is 6.32. The van der Waals surface area contributed by atoms with Gasteiger partial charge in [0.1, 0.15) is 0 Å². The predicted molar refractivity (Wildman–Crippen MR) is 57.9 cm³/mol. The molecule has 1 fully saturated rings. The number of aromatic hydroxyl groups is 1. The van der Waals surface area contributed by atoms with E-state index in [0.29, 0.717) is 5.92 Å². The van der Waals surface area contributed by atoms with Gasteiger partial charge >= 0.3 is 0 Å². The standard InChI is InChI=1S/C11H13ClFNO/c12-9-5-8(6-10(13)11(9)15)7-1-3-14-4-2-7/h5-7,14-15H,1-4H2. The lowest BCUT2D eigenvalue weighted by Gasteiger charge is -2.23. The normalized spacial score (nSPS) is 18.0. The van der Waals surface area contributed by atoms with Crippen LogP contribution in [0, 0.1) is 5.82 Å². The van der Waals surface area contributed by atoms with Crippen LogP contribution in [-0.2, 0) is 0 Å². The molecule has 1 aliphatic rings. The highest BCUT2D eigenvalue weighted by Gasteiger charge is 2.18. The Morgan fingerprint density at radius 2 is 2.00 bits per heavy atom. The summed E-state index contributed by atoms with van der Waals surface area (Å²) in [5, 5.41) is 12.6. The maximum absolute atomic E-state index is 13.2. The molecule has 15 heavy (non-hydrogen) atoms. The molecule has 82 valence electrons. The monoisotopic (exact) mass is 229 g/mol. The molecule has 0 aliphatic carbocycles. The van der Waals surface area contributed by atoms with Crippen LogP contribution in [-0.4, -0.2) is 18.2 Å². The number of hydrogen-bond donors (Lipinski definition) is 2. The molecule has 0 aromatic heterocycles. The van der Waals surface area contributed by atoms with E-state index in [4.69, 9.17) is 11.6 Å². The maximum Gasteiger partial charge on any atom is 0.170 e. The zero-order chi connectivity index (χ0) is 10.8. The largest absolute Gasteiger partial charge is 0.504 e. The Kier molecular flexibility index (Phi) is 3.12. The Morgan fingerprint density at radius 3 is 2.60 bits per heavy atom. The summed E-state index contributed by atoms with van der Waals surface area (Å²) in [7, 11) is 0. The van der Waals surface area contributed by atoms with E-state index >= 15 is 0 Å². The number of phenolic OH excluding ortho intramolecular Hbond substituents is 1. The highest BCUT2D eigenvalue weighted by atomic mass is 35.5. The molecule has 0 saturated carbocycles. The highest BCUT2D eigenvalue weighted by Crippen LogP contribution is 2.33. The molecule has 0 atom stereocenters. The second-order valence-electron chi connectivity index (χ2n) is 3.86. The maximum atomic E-state index is 13.2. The van der Waals surface area contributed by atoms with Gasteiger partial charge in [0.2, 0.25) is 0 Å². The summed E-state index contributed by atoms with van der Waals surface area (Å²) in [6.07, 6.45) is 1.97. The van der Waals surface area contributed by atoms with Crippen molar-refractivity contribution in [2.24, 2.45) is 0 Å². The Bertz CT molecular complexity index is 341. The van der Waals surface area contributed by atoms with Gasteiger partial charge in [-0.05, 0) is 49.5 Å². The molecule has 0 radical (unpaired) electrons. The van der Waals surface area contributed by atoms with Crippen molar-refractivity contribution in [1.29, 1.82) is 0 Å². The van der Waals surface area contributed by atoms with Gasteiger partial charge < -0.3 is 10.4 Å². The summed E-state index contributed by atoms with van der Waals surface area (Å²) in [6, 6.07) is 3.05. The molecule has 1 heterocycles. The van der Waals surface area contributed by atoms with Crippen LogP contribution in [0.3, 0.4) is 0 Å². The van der Waals surface area contributed by atoms with Crippen molar-refractivity contribution in [3.8, 4) is 5.75 Å². The molecule has 0 bridgehead atoms. The molecular weight excluding hydrogens is 217 g/mol. The van der Waals surface area contributed by atoms with Crippen molar-refractivity contribution >= 4 is 11.6 Å². The number of rotatable bonds is 1. The molecule has 2 rings (SSSR count). The fraction of sp³-hybridized carbons (Fsp3) is 0.455. The third kappa shape index (κ3) is 2.24. The summed E-state index contributed by atoms with van der Waals surface area (Å²) in [6.45, 7) is 1.90. The van der Waals surface area contributed by atoms with E-state index < -0.39 is 11.6 Å². The number of benzene rings is 1. The van der Waals surface area contributed by atoms with Crippen molar-refractivity contribution < 1.29 is 9.50 Å². The fourth-order valence-corrected chi connectivity index (χ4v) is 2.19. The molecule has 2 nitrogen and oxygen atoms in total. The average molecular weight is 230 g/mol. The van der Waals surface area contributed by atoms with Crippen molar-refractivity contribution in [1.82, 2.24) is 5.32 Å². The Morgan fingerprint density at radius 1 is 1.33 bits per heavy atom. The van der Waals surface area contributed by atoms with Gasteiger partial charge in [-0.3, -0.25) is 0 Å². The van der Waals surface area contributed by atoms with E-state index in [9.17, 15) is 9.50 Å². The van der Waals surface area contributed by atoms with E-state index in [1.165, 1.54) is 6.07 Å². The topological polar surface area (TPSA) is 32.3 Å². The number of halogens is 2. The van der Waals surface area contributed by atoms with Gasteiger partial charge in [0.25, 0.3) is 0 Å². The Hall–Kier alpha value is -0.800. The molecule has 1 aromatic carbocycles. The van der Waals surface area contributed by atoms with E-state index in [1.54, 1.807) is 6.07 Å². The lowest BCUT2D eigenvalue weighted by molar-refractivity contribution is 0.427. The lowest BCUT2D eigenvalue weighted by atomic mass is 9.90. The predicted octanol–water partition coefficient (Wildman–Crippen LogP) is 2.65. The first-order chi connectivity index (χ1) is 7.18. The average Bonchev–Trinajstić information content (AvgIpc) is 2.26. The second kappa shape index (κ2) is 4.37. The van der Waals surface area contributed by atoms with Crippen LogP contribution < -0.4 is 5.32 Å². The van der Waals surface area contributed by atoms with Crippen LogP contribution >= 0.6 is 11.6 Å². The van der Waals surface area contributed by atoms with Crippen LogP contribution in [0.15, 0.2) is 12.1 Å². The van der Waals surface area contributed by atoms with Gasteiger partial charge in [-0.2, -0.15) is 0 Å². The summed E-state index contributed by atoms with van der Waals surface area (Å²) < 4.78 is 13.2. The quantitative estimate of drug-likeness (QED) is 0.776. The van der Waals surface area contributed by atoms with Crippen molar-refractivity contribution in [3.05, 3.63) is 28.5 Å². The number of phenols is 1. The van der Waals surface area contributed by atoms with Gasteiger partial charge in [0, 0.05) is 0 Å². The summed E-state index contributed by atoms with van der Waals surface area (Å²) in [4.78, 5) is 0. The van der Waals surface area contributed by atoms with Crippen molar-refractivity contribution in [2.75, 3.05) is 13.1 Å². The van der Waals surface area contributed by atoms with E-state index in [2.05, 4.69) is 5.32 Å². The molecular formula is C11H13ClFNO. The zero-order valence-electron chi connectivity index (χ0n) is 8.26. The van der Waals surface area contributed by atoms with Crippen LogP contribution in [0.5, 0.6) is 5.75 Å². The molecule has 0 unspecified atom stereocenters. The first-order valence-electron chi connectivity index (χ1n) is 5.07. The van der Waals surface area contributed by atoms with E-state index in [-0.39, 0.29) is 5.02 Å². The molecule has 1 aliphatic heterocycles. The zero-order valence-corrected chi connectivity index (χ0v) is 9.02. The Balaban J connectivity index is 2.27. The minimum absolute atomic E-state index is 0.100. The minimum Gasteiger partial charge on any atom is -0.504 e. The van der Waals surface area contributed by atoms with Crippen LogP contribution in [0.2, 0.25) is 5.02 Å². The molecule has 2 N–H and O–H groups in total. The first-order valence-corrected chi connectivity index (χ1v) is 5.45. The van der Waals surface area contributed by atoms with Crippen molar-refractivity contribution in [2.45, 2.75) is 18.8 Å². The molecule has 1 saturated heterocycles. The second-order valence-corrected chi connectivity index (χ2v) is 4.26. The molecule has 4 heteroatoms. The molecule has 0 amide bonds. The van der Waals surface area contributed by atoms with E-state index in [0.717, 1.165) is 31.5 Å². The lowest BCUT2D eigenvalue weighted by Crippen LogP contribution is -2.26. The SMILES string of the molecule is Oc1c(F)cc(C2CCNCC2)cc1Cl. The third-order valence-electron chi connectivity index (χ3n) is 2.85. The number of hydrogen-bond acceptors (Lipinski definition) is 2. The van der Waals surface area contributed by atoms with Crippen LogP contribution in [0.1, 0.15) is 24.3 Å². The number of nitrogens with one attached hydrogen (secondary N) is 1. The van der Waals surface area contributed by atoms with Gasteiger partial charge in [-0.25, -0.2) is 4.39 Å². The minimum atomic E-state index is -0.629. The summed E-state index contributed by atoms with van der Waals surface area (Å²) in [5.41, 5.74) is 0.886. The first kappa shape index (κ1) is 10.7. The van der Waals surface area contributed by atoms with Gasteiger partial charge in [-0.15, -0.1) is 0 Å². The van der Waals surface area contributed by atoms with Crippen molar-refractivity contribution in [3.63, 3.8) is 0 Å². The summed E-state index contributed by atoms with van der Waals surface area (Å²) >= 11 is 5.73. The van der Waals surface area contributed by atoms with Crippen LogP contribution in [0.25, 0.3) is 0 Å². The third-order valence-corrected chi connectivity index (χ3v) is 3.14. The molecule has 1 aromatic rings. The fourth-order valence-electron chi connectivity index (χ4n) is 1.98. The summed E-state index contributed by atoms with van der Waals surface area (Å²) in [5.74, 6) is -0.732.